The predicted octanol–water partition coefficient (Wildman–Crippen LogP) is 4.83. The third-order valence-corrected chi connectivity index (χ3v) is 4.14. The molecule has 0 saturated heterocycles. The summed E-state index contributed by atoms with van der Waals surface area (Å²) in [5, 5.41) is 3.59. The Bertz CT molecular complexity index is 381. The van der Waals surface area contributed by atoms with Crippen LogP contribution in [0.5, 0.6) is 0 Å². The minimum atomic E-state index is -0.323. The smallest absolute Gasteiger partial charge is 0.142 e. The molecule has 0 bridgehead atoms. The molecular weight excluding hydrogens is 261 g/mol. The van der Waals surface area contributed by atoms with Crippen LogP contribution >= 0.6 is 11.6 Å². The van der Waals surface area contributed by atoms with Gasteiger partial charge in [-0.15, -0.1) is 0 Å². The summed E-state index contributed by atoms with van der Waals surface area (Å²) in [4.78, 5) is 0. The number of hydrogen-bond donors (Lipinski definition) is 1. The topological polar surface area (TPSA) is 12.0 Å². The second-order valence-corrected chi connectivity index (χ2v) is 5.57. The van der Waals surface area contributed by atoms with Crippen LogP contribution in [0.25, 0.3) is 0 Å². The van der Waals surface area contributed by atoms with E-state index in [-0.39, 0.29) is 10.8 Å². The van der Waals surface area contributed by atoms with Gasteiger partial charge in [-0.2, -0.15) is 0 Å². The first kappa shape index (κ1) is 16.5. The second-order valence-electron chi connectivity index (χ2n) is 5.16. The Morgan fingerprint density at radius 2 is 2.05 bits per heavy atom. The van der Waals surface area contributed by atoms with E-state index in [9.17, 15) is 4.39 Å². The van der Waals surface area contributed by atoms with Crippen LogP contribution in [0.3, 0.4) is 0 Å². The molecule has 3 heteroatoms. The summed E-state index contributed by atoms with van der Waals surface area (Å²) in [6.45, 7) is 4.45. The van der Waals surface area contributed by atoms with E-state index in [0.29, 0.717) is 12.0 Å². The first-order valence-corrected chi connectivity index (χ1v) is 7.61. The lowest BCUT2D eigenvalue weighted by Gasteiger charge is -2.26. The van der Waals surface area contributed by atoms with E-state index < -0.39 is 0 Å². The van der Waals surface area contributed by atoms with Crippen molar-refractivity contribution in [1.29, 1.82) is 0 Å². The summed E-state index contributed by atoms with van der Waals surface area (Å²) in [5.74, 6) is 0.319. The average molecular weight is 286 g/mol. The first-order chi connectivity index (χ1) is 9.12. The molecule has 0 saturated carbocycles. The van der Waals surface area contributed by atoms with Crippen molar-refractivity contribution in [2.75, 3.05) is 7.05 Å². The Morgan fingerprint density at radius 3 is 2.58 bits per heavy atom. The van der Waals surface area contributed by atoms with Crippen LogP contribution < -0.4 is 5.32 Å². The Morgan fingerprint density at radius 1 is 1.32 bits per heavy atom. The van der Waals surface area contributed by atoms with Crippen LogP contribution in [0, 0.1) is 11.7 Å². The molecule has 0 radical (unpaired) electrons. The largest absolute Gasteiger partial charge is 0.316 e. The Kier molecular flexibility index (Phi) is 7.40. The van der Waals surface area contributed by atoms with Gasteiger partial charge in [-0.25, -0.2) is 4.39 Å². The molecule has 1 rings (SSSR count). The van der Waals surface area contributed by atoms with Crippen LogP contribution in [0.2, 0.25) is 5.02 Å². The molecule has 0 aliphatic rings. The number of unbranched alkanes of at least 4 members (excludes halogenated alkanes) is 1. The molecule has 108 valence electrons. The Balaban J connectivity index is 2.70. The molecule has 0 fully saturated rings. The number of rotatable bonds is 8. The maximum absolute atomic E-state index is 13.5. The van der Waals surface area contributed by atoms with Crippen molar-refractivity contribution in [1.82, 2.24) is 5.32 Å². The van der Waals surface area contributed by atoms with Crippen LogP contribution in [0.4, 0.5) is 4.39 Å². The first-order valence-electron chi connectivity index (χ1n) is 7.23. The lowest BCUT2D eigenvalue weighted by Crippen LogP contribution is -2.35. The number of halogens is 2. The molecule has 1 aromatic carbocycles. The van der Waals surface area contributed by atoms with Gasteiger partial charge in [-0.3, -0.25) is 0 Å². The van der Waals surface area contributed by atoms with E-state index in [1.54, 1.807) is 12.1 Å². The molecule has 0 aliphatic heterocycles. The molecule has 0 aliphatic carbocycles. The Hall–Kier alpha value is -0.600. The molecule has 1 N–H and O–H groups in total. The van der Waals surface area contributed by atoms with E-state index in [1.165, 1.54) is 19.3 Å². The van der Waals surface area contributed by atoms with E-state index in [2.05, 4.69) is 19.2 Å². The molecule has 2 unspecified atom stereocenters. The third-order valence-electron chi connectivity index (χ3n) is 3.83. The molecule has 2 atom stereocenters. The number of nitrogens with one attached hydrogen (secondary N) is 1. The molecule has 0 amide bonds. The second kappa shape index (κ2) is 8.55. The normalized spacial score (nSPS) is 14.4. The van der Waals surface area contributed by atoms with Crippen molar-refractivity contribution in [2.24, 2.45) is 5.92 Å². The zero-order valence-electron chi connectivity index (χ0n) is 12.2. The van der Waals surface area contributed by atoms with Gasteiger partial charge in [0.25, 0.3) is 0 Å². The summed E-state index contributed by atoms with van der Waals surface area (Å²) in [6, 6.07) is 5.52. The monoisotopic (exact) mass is 285 g/mol. The Labute approximate surface area is 121 Å². The third kappa shape index (κ3) is 5.12. The minimum Gasteiger partial charge on any atom is -0.316 e. The molecular formula is C16H25ClFN. The maximum atomic E-state index is 13.5. The van der Waals surface area contributed by atoms with Gasteiger partial charge < -0.3 is 5.32 Å². The van der Waals surface area contributed by atoms with Crippen molar-refractivity contribution >= 4 is 11.6 Å². The van der Waals surface area contributed by atoms with E-state index in [1.807, 2.05) is 13.1 Å². The van der Waals surface area contributed by atoms with Gasteiger partial charge in [-0.05, 0) is 43.5 Å². The number of benzene rings is 1. The lowest BCUT2D eigenvalue weighted by molar-refractivity contribution is 0.330. The molecule has 0 spiro atoms. The fourth-order valence-corrected chi connectivity index (χ4v) is 2.70. The van der Waals surface area contributed by atoms with Crippen molar-refractivity contribution in [3.05, 3.63) is 34.6 Å². The standard InChI is InChI=1S/C16H25ClFN/c1-4-6-7-13(5-2)16(19-3)11-12-8-9-14(17)15(18)10-12/h8-10,13,16,19H,4-7,11H2,1-3H3. The SMILES string of the molecule is CCCCC(CC)C(Cc1ccc(Cl)c(F)c1)NC. The summed E-state index contributed by atoms with van der Waals surface area (Å²) in [5.41, 5.74) is 1.01. The van der Waals surface area contributed by atoms with Crippen molar-refractivity contribution in [3.8, 4) is 0 Å². The van der Waals surface area contributed by atoms with Crippen molar-refractivity contribution < 1.29 is 4.39 Å². The molecule has 1 nitrogen and oxygen atoms in total. The lowest BCUT2D eigenvalue weighted by atomic mass is 9.87. The van der Waals surface area contributed by atoms with Gasteiger partial charge in [0.2, 0.25) is 0 Å². The summed E-state index contributed by atoms with van der Waals surface area (Å²) in [7, 11) is 1.99. The fourth-order valence-electron chi connectivity index (χ4n) is 2.58. The van der Waals surface area contributed by atoms with Crippen molar-refractivity contribution in [2.45, 2.75) is 52.0 Å². The van der Waals surface area contributed by atoms with Gasteiger partial charge in [0.15, 0.2) is 0 Å². The summed E-state index contributed by atoms with van der Waals surface area (Å²) >= 11 is 5.72. The highest BCUT2D eigenvalue weighted by Gasteiger charge is 2.18. The predicted molar refractivity (Wildman–Crippen MR) is 81.3 cm³/mol. The molecule has 0 aromatic heterocycles. The summed E-state index contributed by atoms with van der Waals surface area (Å²) < 4.78 is 13.5. The maximum Gasteiger partial charge on any atom is 0.142 e. The highest BCUT2D eigenvalue weighted by Crippen LogP contribution is 2.22. The highest BCUT2D eigenvalue weighted by molar-refractivity contribution is 6.30. The van der Waals surface area contributed by atoms with Gasteiger partial charge in [0.1, 0.15) is 5.82 Å². The average Bonchev–Trinajstić information content (AvgIpc) is 2.42. The van der Waals surface area contributed by atoms with Crippen molar-refractivity contribution in [3.63, 3.8) is 0 Å². The number of hydrogen-bond acceptors (Lipinski definition) is 1. The molecule has 19 heavy (non-hydrogen) atoms. The number of likely N-dealkylation sites (N-methyl/N-ethyl adjacent to an activating group) is 1. The fraction of sp³-hybridized carbons (Fsp3) is 0.625. The van der Waals surface area contributed by atoms with Crippen LogP contribution in [-0.2, 0) is 6.42 Å². The zero-order chi connectivity index (χ0) is 14.3. The van der Waals surface area contributed by atoms with Gasteiger partial charge in [0.05, 0.1) is 5.02 Å². The quantitative estimate of drug-likeness (QED) is 0.722. The van der Waals surface area contributed by atoms with E-state index >= 15 is 0 Å². The van der Waals surface area contributed by atoms with Gasteiger partial charge >= 0.3 is 0 Å². The van der Waals surface area contributed by atoms with E-state index in [4.69, 9.17) is 11.6 Å². The van der Waals surface area contributed by atoms with Gasteiger partial charge in [-0.1, -0.05) is 50.8 Å². The van der Waals surface area contributed by atoms with Crippen LogP contribution in [-0.4, -0.2) is 13.1 Å². The van der Waals surface area contributed by atoms with Gasteiger partial charge in [0, 0.05) is 6.04 Å². The summed E-state index contributed by atoms with van der Waals surface area (Å²) in [6.07, 6.45) is 5.72. The van der Waals surface area contributed by atoms with Crippen LogP contribution in [0.15, 0.2) is 18.2 Å². The zero-order valence-corrected chi connectivity index (χ0v) is 12.9. The van der Waals surface area contributed by atoms with E-state index in [0.717, 1.165) is 18.4 Å². The molecule has 1 aromatic rings. The van der Waals surface area contributed by atoms with Crippen LogP contribution in [0.1, 0.15) is 45.1 Å². The highest BCUT2D eigenvalue weighted by atomic mass is 35.5. The minimum absolute atomic E-state index is 0.197. The molecule has 0 heterocycles.